The summed E-state index contributed by atoms with van der Waals surface area (Å²) < 4.78 is 4.95. The second-order valence-electron chi connectivity index (χ2n) is 2.37. The molecular formula is C9H9NO4. The van der Waals surface area contributed by atoms with Crippen molar-refractivity contribution in [3.8, 4) is 11.5 Å². The van der Waals surface area contributed by atoms with Crippen molar-refractivity contribution in [1.29, 1.82) is 0 Å². The Balaban J connectivity index is 2.92. The maximum atomic E-state index is 10.4. The molecule has 1 rings (SSSR count). The molecule has 14 heavy (non-hydrogen) atoms. The lowest BCUT2D eigenvalue weighted by Crippen LogP contribution is -2.15. The van der Waals surface area contributed by atoms with E-state index in [0.717, 1.165) is 0 Å². The zero-order chi connectivity index (χ0) is 10.4. The molecule has 1 amide bonds. The van der Waals surface area contributed by atoms with Gasteiger partial charge < -0.3 is 9.57 Å². The highest BCUT2D eigenvalue weighted by Crippen LogP contribution is 2.26. The van der Waals surface area contributed by atoms with Gasteiger partial charge in [0.25, 0.3) is 0 Å². The molecular weight excluding hydrogens is 186 g/mol. The summed E-state index contributed by atoms with van der Waals surface area (Å²) in [5.74, 6) is 0.717. The van der Waals surface area contributed by atoms with Crippen molar-refractivity contribution in [1.82, 2.24) is 5.48 Å². The third-order valence-electron chi connectivity index (χ3n) is 1.54. The Hall–Kier alpha value is -2.04. The van der Waals surface area contributed by atoms with Crippen LogP contribution in [-0.2, 0) is 4.79 Å². The maximum Gasteiger partial charge on any atom is 0.239 e. The summed E-state index contributed by atoms with van der Waals surface area (Å²) in [5.41, 5.74) is 2.50. The van der Waals surface area contributed by atoms with Crippen LogP contribution >= 0.6 is 0 Å². The monoisotopic (exact) mass is 195 g/mol. The molecule has 0 saturated heterocycles. The minimum absolute atomic E-state index is 0.338. The maximum absolute atomic E-state index is 10.4. The van der Waals surface area contributed by atoms with Gasteiger partial charge >= 0.3 is 0 Å². The summed E-state index contributed by atoms with van der Waals surface area (Å²) in [5, 5.41) is 0. The molecule has 0 saturated carbocycles. The fourth-order valence-electron chi connectivity index (χ4n) is 0.929. The topological polar surface area (TPSA) is 64.6 Å². The van der Waals surface area contributed by atoms with E-state index in [2.05, 4.69) is 0 Å². The number of carbonyl (C=O) groups is 2. The number of methoxy groups -OCH3 is 1. The largest absolute Gasteiger partial charge is 0.493 e. The number of rotatable bonds is 5. The molecule has 0 aliphatic heterocycles. The molecule has 0 bridgehead atoms. The number of hydrogen-bond donors (Lipinski definition) is 1. The molecule has 0 spiro atoms. The Morgan fingerprint density at radius 2 is 2.07 bits per heavy atom. The third-order valence-corrected chi connectivity index (χ3v) is 1.54. The van der Waals surface area contributed by atoms with Gasteiger partial charge in [0, 0.05) is 5.56 Å². The van der Waals surface area contributed by atoms with E-state index >= 15 is 0 Å². The minimum atomic E-state index is 0.338. The fraction of sp³-hybridized carbons (Fsp3) is 0.111. The van der Waals surface area contributed by atoms with Gasteiger partial charge in [-0.05, 0) is 18.2 Å². The molecule has 5 heteroatoms. The van der Waals surface area contributed by atoms with E-state index in [1.807, 2.05) is 5.48 Å². The van der Waals surface area contributed by atoms with Gasteiger partial charge in [0.2, 0.25) is 6.41 Å². The van der Waals surface area contributed by atoms with Crippen molar-refractivity contribution in [3.05, 3.63) is 23.8 Å². The highest BCUT2D eigenvalue weighted by atomic mass is 16.7. The van der Waals surface area contributed by atoms with E-state index in [4.69, 9.17) is 9.57 Å². The van der Waals surface area contributed by atoms with Crippen LogP contribution < -0.4 is 15.1 Å². The molecule has 0 radical (unpaired) electrons. The van der Waals surface area contributed by atoms with Gasteiger partial charge in [0.05, 0.1) is 7.11 Å². The third kappa shape index (κ3) is 2.22. The molecule has 1 aromatic carbocycles. The highest BCUT2D eigenvalue weighted by Gasteiger charge is 2.05. The summed E-state index contributed by atoms with van der Waals surface area (Å²) in [6.07, 6.45) is 1.09. The number of benzene rings is 1. The van der Waals surface area contributed by atoms with Gasteiger partial charge in [-0.3, -0.25) is 9.59 Å². The van der Waals surface area contributed by atoms with Gasteiger partial charge in [-0.2, -0.15) is 5.48 Å². The lowest BCUT2D eigenvalue weighted by molar-refractivity contribution is -0.115. The van der Waals surface area contributed by atoms with Crippen LogP contribution in [0.15, 0.2) is 18.2 Å². The molecule has 0 aromatic heterocycles. The van der Waals surface area contributed by atoms with Gasteiger partial charge in [0.1, 0.15) is 6.29 Å². The summed E-state index contributed by atoms with van der Waals surface area (Å²) >= 11 is 0. The van der Waals surface area contributed by atoms with E-state index in [0.29, 0.717) is 29.8 Å². The SMILES string of the molecule is COc1cc(C=O)ccc1ONC=O. The van der Waals surface area contributed by atoms with Gasteiger partial charge in [0.15, 0.2) is 11.5 Å². The smallest absolute Gasteiger partial charge is 0.239 e. The van der Waals surface area contributed by atoms with Gasteiger partial charge in [-0.15, -0.1) is 0 Å². The summed E-state index contributed by atoms with van der Waals surface area (Å²) in [6.45, 7) is 0. The van der Waals surface area contributed by atoms with Crippen LogP contribution in [-0.4, -0.2) is 19.8 Å². The van der Waals surface area contributed by atoms with Crippen LogP contribution in [0.3, 0.4) is 0 Å². The number of carbonyl (C=O) groups excluding carboxylic acids is 2. The van der Waals surface area contributed by atoms with E-state index in [1.165, 1.54) is 19.2 Å². The van der Waals surface area contributed by atoms with E-state index in [9.17, 15) is 9.59 Å². The van der Waals surface area contributed by atoms with Crippen molar-refractivity contribution in [2.45, 2.75) is 0 Å². The van der Waals surface area contributed by atoms with Crippen LogP contribution in [0.4, 0.5) is 0 Å². The number of hydroxylamine groups is 1. The molecule has 0 aliphatic carbocycles. The molecule has 74 valence electrons. The number of ether oxygens (including phenoxy) is 1. The molecule has 0 heterocycles. The zero-order valence-corrected chi connectivity index (χ0v) is 7.52. The quantitative estimate of drug-likeness (QED) is 0.550. The normalized spacial score (nSPS) is 8.93. The molecule has 0 unspecified atom stereocenters. The molecule has 5 nitrogen and oxygen atoms in total. The lowest BCUT2D eigenvalue weighted by atomic mass is 10.2. The zero-order valence-electron chi connectivity index (χ0n) is 7.52. The Morgan fingerprint density at radius 1 is 1.29 bits per heavy atom. The number of hydrogen-bond acceptors (Lipinski definition) is 4. The highest BCUT2D eigenvalue weighted by molar-refractivity contribution is 5.76. The second-order valence-corrected chi connectivity index (χ2v) is 2.37. The van der Waals surface area contributed by atoms with E-state index in [1.54, 1.807) is 6.07 Å². The standard InChI is InChI=1S/C9H9NO4/c1-13-9-4-7(5-11)2-3-8(9)14-10-6-12/h2-6H,1H3,(H,10,12). The molecule has 0 aliphatic rings. The average Bonchev–Trinajstić information content (AvgIpc) is 2.26. The first-order chi connectivity index (χ1) is 6.81. The number of amides is 1. The Morgan fingerprint density at radius 3 is 2.64 bits per heavy atom. The van der Waals surface area contributed by atoms with Gasteiger partial charge in [-0.1, -0.05) is 0 Å². The fourth-order valence-corrected chi connectivity index (χ4v) is 0.929. The summed E-state index contributed by atoms with van der Waals surface area (Å²) in [4.78, 5) is 25.2. The average molecular weight is 195 g/mol. The first kappa shape index (κ1) is 10.0. The Kier molecular flexibility index (Phi) is 3.49. The van der Waals surface area contributed by atoms with Crippen molar-refractivity contribution < 1.29 is 19.2 Å². The van der Waals surface area contributed by atoms with Crippen molar-refractivity contribution in [2.75, 3.05) is 7.11 Å². The summed E-state index contributed by atoms with van der Waals surface area (Å²) in [7, 11) is 1.44. The van der Waals surface area contributed by atoms with Crippen LogP contribution in [0.25, 0.3) is 0 Å². The Bertz CT molecular complexity index is 338. The predicted octanol–water partition coefficient (Wildman–Crippen LogP) is 0.547. The number of nitrogens with one attached hydrogen (secondary N) is 1. The molecule has 1 aromatic rings. The first-order valence-corrected chi connectivity index (χ1v) is 3.81. The summed E-state index contributed by atoms with van der Waals surface area (Å²) in [6, 6.07) is 4.59. The van der Waals surface area contributed by atoms with Crippen molar-refractivity contribution in [3.63, 3.8) is 0 Å². The van der Waals surface area contributed by atoms with Crippen LogP contribution in [0.2, 0.25) is 0 Å². The minimum Gasteiger partial charge on any atom is -0.493 e. The first-order valence-electron chi connectivity index (χ1n) is 3.81. The molecule has 1 N–H and O–H groups in total. The second kappa shape index (κ2) is 4.86. The van der Waals surface area contributed by atoms with Crippen LogP contribution in [0.1, 0.15) is 10.4 Å². The van der Waals surface area contributed by atoms with Crippen molar-refractivity contribution >= 4 is 12.7 Å². The van der Waals surface area contributed by atoms with Crippen molar-refractivity contribution in [2.24, 2.45) is 0 Å². The molecule has 0 atom stereocenters. The van der Waals surface area contributed by atoms with E-state index in [-0.39, 0.29) is 0 Å². The predicted molar refractivity (Wildman–Crippen MR) is 48.2 cm³/mol. The van der Waals surface area contributed by atoms with Crippen LogP contribution in [0.5, 0.6) is 11.5 Å². The number of aldehydes is 1. The van der Waals surface area contributed by atoms with Crippen LogP contribution in [0, 0.1) is 0 Å². The lowest BCUT2D eigenvalue weighted by Gasteiger charge is -2.07. The Labute approximate surface area is 80.6 Å². The van der Waals surface area contributed by atoms with Gasteiger partial charge in [-0.25, -0.2) is 0 Å². The van der Waals surface area contributed by atoms with E-state index < -0.39 is 0 Å². The molecule has 0 fully saturated rings.